The van der Waals surface area contributed by atoms with Crippen LogP contribution in [0.3, 0.4) is 0 Å². The van der Waals surface area contributed by atoms with Crippen molar-refractivity contribution >= 4 is 46.1 Å². The summed E-state index contributed by atoms with van der Waals surface area (Å²) in [6.07, 6.45) is 0. The summed E-state index contributed by atoms with van der Waals surface area (Å²) in [7, 11) is 0. The molecule has 0 aliphatic carbocycles. The third-order valence-corrected chi connectivity index (χ3v) is 4.57. The minimum absolute atomic E-state index is 0.106. The maximum absolute atomic E-state index is 12.2. The summed E-state index contributed by atoms with van der Waals surface area (Å²) in [5, 5.41) is 8.52. The standard InChI is InChI=1S/C13H12Cl2N4OS/c14-9-2-1-3-10(8-9)18-4-6-19(7-5-18)12(20)11-16-17-13(15)21-11/h1-3,8H,4-7H2. The van der Waals surface area contributed by atoms with Gasteiger partial charge in [-0.25, -0.2) is 0 Å². The molecule has 2 heterocycles. The fourth-order valence-corrected chi connectivity index (χ4v) is 3.25. The van der Waals surface area contributed by atoms with Crippen LogP contribution in [-0.2, 0) is 0 Å². The zero-order chi connectivity index (χ0) is 14.8. The van der Waals surface area contributed by atoms with Crippen LogP contribution >= 0.6 is 34.5 Å². The van der Waals surface area contributed by atoms with E-state index in [0.717, 1.165) is 35.1 Å². The van der Waals surface area contributed by atoms with Crippen molar-refractivity contribution in [3.63, 3.8) is 0 Å². The number of amides is 1. The molecular formula is C13H12Cl2N4OS. The lowest BCUT2D eigenvalue weighted by Crippen LogP contribution is -2.48. The number of benzene rings is 1. The van der Waals surface area contributed by atoms with Gasteiger partial charge in [-0.15, -0.1) is 10.2 Å². The first-order valence-electron chi connectivity index (χ1n) is 6.42. The second-order valence-electron chi connectivity index (χ2n) is 4.62. The Morgan fingerprint density at radius 1 is 1.14 bits per heavy atom. The summed E-state index contributed by atoms with van der Waals surface area (Å²) in [4.78, 5) is 16.2. The van der Waals surface area contributed by atoms with Gasteiger partial charge >= 0.3 is 0 Å². The Hall–Kier alpha value is -1.37. The van der Waals surface area contributed by atoms with Gasteiger partial charge in [-0.1, -0.05) is 29.0 Å². The molecule has 1 fully saturated rings. The summed E-state index contributed by atoms with van der Waals surface area (Å²) >= 11 is 12.8. The lowest BCUT2D eigenvalue weighted by atomic mass is 10.2. The predicted octanol–water partition coefficient (Wildman–Crippen LogP) is 2.81. The van der Waals surface area contributed by atoms with Crippen molar-refractivity contribution in [2.24, 2.45) is 0 Å². The molecule has 3 rings (SSSR count). The molecule has 1 aliphatic rings. The Kier molecular flexibility index (Phi) is 4.28. The maximum Gasteiger partial charge on any atom is 0.285 e. The van der Waals surface area contributed by atoms with Gasteiger partial charge in [0.1, 0.15) is 0 Å². The van der Waals surface area contributed by atoms with Gasteiger partial charge in [-0.2, -0.15) is 0 Å². The molecule has 0 atom stereocenters. The molecular weight excluding hydrogens is 331 g/mol. The van der Waals surface area contributed by atoms with Crippen LogP contribution in [0, 0.1) is 0 Å². The van der Waals surface area contributed by atoms with E-state index in [1.165, 1.54) is 0 Å². The molecule has 0 bridgehead atoms. The van der Waals surface area contributed by atoms with Crippen molar-refractivity contribution in [3.8, 4) is 0 Å². The molecule has 1 aromatic heterocycles. The minimum Gasteiger partial charge on any atom is -0.368 e. The van der Waals surface area contributed by atoms with Crippen molar-refractivity contribution < 1.29 is 4.79 Å². The van der Waals surface area contributed by atoms with Crippen molar-refractivity contribution in [2.75, 3.05) is 31.1 Å². The van der Waals surface area contributed by atoms with E-state index in [1.807, 2.05) is 24.3 Å². The number of nitrogens with zero attached hydrogens (tertiary/aromatic N) is 4. The normalized spacial score (nSPS) is 15.3. The van der Waals surface area contributed by atoms with Crippen molar-refractivity contribution in [3.05, 3.63) is 38.8 Å². The van der Waals surface area contributed by atoms with Crippen LogP contribution in [0.15, 0.2) is 24.3 Å². The van der Waals surface area contributed by atoms with Gasteiger partial charge in [0.25, 0.3) is 5.91 Å². The fraction of sp³-hybridized carbons (Fsp3) is 0.308. The Morgan fingerprint density at radius 2 is 1.90 bits per heavy atom. The average Bonchev–Trinajstić information content (AvgIpc) is 2.93. The van der Waals surface area contributed by atoms with E-state index < -0.39 is 0 Å². The van der Waals surface area contributed by atoms with Gasteiger partial charge in [-0.05, 0) is 29.8 Å². The van der Waals surface area contributed by atoms with Crippen LogP contribution in [0.2, 0.25) is 9.49 Å². The second-order valence-corrected chi connectivity index (χ2v) is 6.62. The number of carbonyl (C=O) groups is 1. The van der Waals surface area contributed by atoms with Crippen LogP contribution in [0.5, 0.6) is 0 Å². The Morgan fingerprint density at radius 3 is 2.52 bits per heavy atom. The summed E-state index contributed by atoms with van der Waals surface area (Å²) in [6.45, 7) is 2.81. The largest absolute Gasteiger partial charge is 0.368 e. The van der Waals surface area contributed by atoms with Crippen LogP contribution in [0.4, 0.5) is 5.69 Å². The topological polar surface area (TPSA) is 49.3 Å². The Bertz CT molecular complexity index is 655. The Labute approximate surface area is 136 Å². The number of halogens is 2. The third kappa shape index (κ3) is 3.28. The first-order valence-corrected chi connectivity index (χ1v) is 7.99. The molecule has 0 N–H and O–H groups in total. The van der Waals surface area contributed by atoms with Gasteiger partial charge in [-0.3, -0.25) is 4.79 Å². The highest BCUT2D eigenvalue weighted by Crippen LogP contribution is 2.22. The molecule has 21 heavy (non-hydrogen) atoms. The lowest BCUT2D eigenvalue weighted by Gasteiger charge is -2.35. The second kappa shape index (κ2) is 6.17. The highest BCUT2D eigenvalue weighted by atomic mass is 35.5. The minimum atomic E-state index is -0.106. The number of hydrogen-bond donors (Lipinski definition) is 0. The van der Waals surface area contributed by atoms with Gasteiger partial charge < -0.3 is 9.80 Å². The zero-order valence-corrected chi connectivity index (χ0v) is 13.3. The molecule has 8 heteroatoms. The highest BCUT2D eigenvalue weighted by molar-refractivity contribution is 7.17. The number of rotatable bonds is 2. The molecule has 1 aliphatic heterocycles. The Balaban J connectivity index is 1.64. The number of carbonyl (C=O) groups excluding carboxylic acids is 1. The quantitative estimate of drug-likeness (QED) is 0.841. The van der Waals surface area contributed by atoms with Gasteiger partial charge in [0, 0.05) is 36.9 Å². The molecule has 0 saturated carbocycles. The average molecular weight is 343 g/mol. The van der Waals surface area contributed by atoms with E-state index in [1.54, 1.807) is 4.90 Å². The van der Waals surface area contributed by atoms with Crippen LogP contribution < -0.4 is 4.90 Å². The van der Waals surface area contributed by atoms with E-state index in [2.05, 4.69) is 15.1 Å². The van der Waals surface area contributed by atoms with Crippen LogP contribution in [0.1, 0.15) is 9.80 Å². The van der Waals surface area contributed by atoms with Crippen molar-refractivity contribution in [1.29, 1.82) is 0 Å². The van der Waals surface area contributed by atoms with Gasteiger partial charge in [0.2, 0.25) is 9.47 Å². The van der Waals surface area contributed by atoms with Gasteiger partial charge in [0.15, 0.2) is 0 Å². The predicted molar refractivity (Wildman–Crippen MR) is 84.5 cm³/mol. The molecule has 5 nitrogen and oxygen atoms in total. The van der Waals surface area contributed by atoms with E-state index in [4.69, 9.17) is 23.2 Å². The first-order chi connectivity index (χ1) is 10.1. The molecule has 0 unspecified atom stereocenters. The summed E-state index contributed by atoms with van der Waals surface area (Å²) in [5.41, 5.74) is 1.08. The highest BCUT2D eigenvalue weighted by Gasteiger charge is 2.24. The van der Waals surface area contributed by atoms with Crippen LogP contribution in [-0.4, -0.2) is 47.2 Å². The number of piperazine rings is 1. The molecule has 110 valence electrons. The summed E-state index contributed by atoms with van der Waals surface area (Å²) < 4.78 is 0.288. The molecule has 1 amide bonds. The number of anilines is 1. The molecule has 1 saturated heterocycles. The molecule has 2 aromatic rings. The monoisotopic (exact) mass is 342 g/mol. The number of aromatic nitrogens is 2. The molecule has 1 aromatic carbocycles. The van der Waals surface area contributed by atoms with Crippen molar-refractivity contribution in [2.45, 2.75) is 0 Å². The number of hydrogen-bond acceptors (Lipinski definition) is 5. The summed E-state index contributed by atoms with van der Waals surface area (Å²) in [5.74, 6) is -0.106. The van der Waals surface area contributed by atoms with E-state index in [0.29, 0.717) is 18.1 Å². The van der Waals surface area contributed by atoms with Crippen molar-refractivity contribution in [1.82, 2.24) is 15.1 Å². The summed E-state index contributed by atoms with van der Waals surface area (Å²) in [6, 6.07) is 7.74. The zero-order valence-electron chi connectivity index (χ0n) is 11.0. The smallest absolute Gasteiger partial charge is 0.285 e. The third-order valence-electron chi connectivity index (χ3n) is 3.32. The molecule has 0 spiro atoms. The van der Waals surface area contributed by atoms with E-state index in [9.17, 15) is 4.79 Å². The van der Waals surface area contributed by atoms with E-state index in [-0.39, 0.29) is 10.4 Å². The van der Waals surface area contributed by atoms with Crippen LogP contribution in [0.25, 0.3) is 0 Å². The first kappa shape index (κ1) is 14.6. The maximum atomic E-state index is 12.2. The SMILES string of the molecule is O=C(c1nnc(Cl)s1)N1CCN(c2cccc(Cl)c2)CC1. The van der Waals surface area contributed by atoms with E-state index >= 15 is 0 Å². The molecule has 0 radical (unpaired) electrons. The lowest BCUT2D eigenvalue weighted by molar-refractivity contribution is 0.0745. The fourth-order valence-electron chi connectivity index (χ4n) is 2.27. The van der Waals surface area contributed by atoms with Gasteiger partial charge in [0.05, 0.1) is 0 Å².